The van der Waals surface area contributed by atoms with Crippen LogP contribution in [0.2, 0.25) is 5.02 Å². The van der Waals surface area contributed by atoms with E-state index in [4.69, 9.17) is 16.0 Å². The van der Waals surface area contributed by atoms with Crippen molar-refractivity contribution in [3.63, 3.8) is 0 Å². The normalized spacial score (nSPS) is 11.3. The van der Waals surface area contributed by atoms with Gasteiger partial charge in [0.25, 0.3) is 5.91 Å². The monoisotopic (exact) mass is 393 g/mol. The van der Waals surface area contributed by atoms with Crippen molar-refractivity contribution >= 4 is 33.0 Å². The number of benzene rings is 2. The number of anilines is 1. The molecule has 134 valence electrons. The highest BCUT2D eigenvalue weighted by molar-refractivity contribution is 7.90. The molecule has 1 aromatic heterocycles. The van der Waals surface area contributed by atoms with E-state index in [1.807, 2.05) is 0 Å². The number of furan rings is 1. The summed E-state index contributed by atoms with van der Waals surface area (Å²) >= 11 is 6.01. The van der Waals surface area contributed by atoms with E-state index in [0.29, 0.717) is 0 Å². The summed E-state index contributed by atoms with van der Waals surface area (Å²) in [6.07, 6.45) is 1.05. The topological polar surface area (TPSA) is 76.4 Å². The number of amides is 1. The van der Waals surface area contributed by atoms with Gasteiger partial charge >= 0.3 is 0 Å². The Labute approximate surface area is 154 Å². The summed E-state index contributed by atoms with van der Waals surface area (Å²) in [5.41, 5.74) is 0.354. The summed E-state index contributed by atoms with van der Waals surface area (Å²) in [5, 5.41) is 2.67. The Morgan fingerprint density at radius 2 is 1.85 bits per heavy atom. The molecule has 0 spiro atoms. The van der Waals surface area contributed by atoms with Crippen LogP contribution in [0.5, 0.6) is 0 Å². The average molecular weight is 394 g/mol. The molecule has 5 nitrogen and oxygen atoms in total. The molecular weight excluding hydrogens is 381 g/mol. The van der Waals surface area contributed by atoms with Gasteiger partial charge in [-0.15, -0.1) is 0 Å². The predicted octanol–water partition coefficient (Wildman–Crippen LogP) is 4.39. The largest absolute Gasteiger partial charge is 0.451 e. The van der Waals surface area contributed by atoms with Crippen LogP contribution in [0.1, 0.15) is 10.6 Å². The molecule has 1 amide bonds. The lowest BCUT2D eigenvalue weighted by atomic mass is 10.1. The fraction of sp³-hybridized carbons (Fsp3) is 0.0556. The van der Waals surface area contributed by atoms with Crippen LogP contribution in [0.4, 0.5) is 10.1 Å². The lowest BCUT2D eigenvalue weighted by Gasteiger charge is -2.08. The molecule has 0 saturated heterocycles. The number of halogens is 2. The van der Waals surface area contributed by atoms with Crippen LogP contribution >= 0.6 is 11.6 Å². The molecule has 0 bridgehead atoms. The van der Waals surface area contributed by atoms with E-state index >= 15 is 0 Å². The molecule has 26 heavy (non-hydrogen) atoms. The van der Waals surface area contributed by atoms with Crippen LogP contribution in [0.3, 0.4) is 0 Å². The van der Waals surface area contributed by atoms with Crippen molar-refractivity contribution in [2.45, 2.75) is 4.90 Å². The first kappa shape index (κ1) is 18.2. The standard InChI is InChI=1S/C18H13ClFNO4S/c1-26(23,24)11-6-7-13(19)15(10-11)21-18(22)17-9-8-16(25-17)12-4-2-3-5-14(12)20/h2-10H,1H3,(H,21,22). The first-order valence-corrected chi connectivity index (χ1v) is 9.68. The van der Waals surface area contributed by atoms with Crippen molar-refractivity contribution in [3.8, 4) is 11.3 Å². The zero-order chi connectivity index (χ0) is 18.9. The SMILES string of the molecule is CS(=O)(=O)c1ccc(Cl)c(NC(=O)c2ccc(-c3ccccc3F)o2)c1. The minimum atomic E-state index is -3.45. The molecule has 1 heterocycles. The quantitative estimate of drug-likeness (QED) is 0.713. The van der Waals surface area contributed by atoms with Gasteiger partial charge in [-0.1, -0.05) is 23.7 Å². The van der Waals surface area contributed by atoms with Crippen LogP contribution in [0, 0.1) is 5.82 Å². The molecule has 1 N–H and O–H groups in total. The lowest BCUT2D eigenvalue weighted by molar-refractivity contribution is 0.0997. The fourth-order valence-electron chi connectivity index (χ4n) is 2.28. The van der Waals surface area contributed by atoms with E-state index in [1.165, 1.54) is 42.5 Å². The molecule has 0 aliphatic carbocycles. The van der Waals surface area contributed by atoms with E-state index in [9.17, 15) is 17.6 Å². The smallest absolute Gasteiger partial charge is 0.291 e. The predicted molar refractivity (Wildman–Crippen MR) is 96.6 cm³/mol. The molecule has 0 unspecified atom stereocenters. The van der Waals surface area contributed by atoms with Crippen molar-refractivity contribution in [1.29, 1.82) is 0 Å². The highest BCUT2D eigenvalue weighted by Crippen LogP contribution is 2.28. The summed E-state index contributed by atoms with van der Waals surface area (Å²) < 4.78 is 42.5. The molecule has 0 atom stereocenters. The van der Waals surface area contributed by atoms with E-state index in [-0.39, 0.29) is 32.7 Å². The molecule has 3 rings (SSSR count). The maximum Gasteiger partial charge on any atom is 0.291 e. The van der Waals surface area contributed by atoms with Crippen molar-refractivity contribution < 1.29 is 22.0 Å². The van der Waals surface area contributed by atoms with Gasteiger partial charge in [-0.05, 0) is 42.5 Å². The summed E-state index contributed by atoms with van der Waals surface area (Å²) in [7, 11) is -3.45. The summed E-state index contributed by atoms with van der Waals surface area (Å²) in [5.74, 6) is -0.980. The Hall–Kier alpha value is -2.64. The number of rotatable bonds is 4. The van der Waals surface area contributed by atoms with E-state index in [1.54, 1.807) is 12.1 Å². The van der Waals surface area contributed by atoms with Crippen molar-refractivity contribution in [2.24, 2.45) is 0 Å². The molecule has 8 heteroatoms. The van der Waals surface area contributed by atoms with Gasteiger partial charge in [-0.3, -0.25) is 4.79 Å². The summed E-state index contributed by atoms with van der Waals surface area (Å²) in [6, 6.07) is 12.9. The number of hydrogen-bond acceptors (Lipinski definition) is 4. The number of sulfone groups is 1. The highest BCUT2D eigenvalue weighted by Gasteiger charge is 2.17. The maximum atomic E-state index is 13.8. The van der Waals surface area contributed by atoms with Gasteiger partial charge in [-0.2, -0.15) is 0 Å². The minimum absolute atomic E-state index is 0.0173. The van der Waals surface area contributed by atoms with Gasteiger partial charge < -0.3 is 9.73 Å². The number of carbonyl (C=O) groups excluding carboxylic acids is 1. The van der Waals surface area contributed by atoms with Gasteiger partial charge in [0.05, 0.1) is 21.2 Å². The number of nitrogens with one attached hydrogen (secondary N) is 1. The van der Waals surface area contributed by atoms with E-state index in [2.05, 4.69) is 5.32 Å². The van der Waals surface area contributed by atoms with Crippen LogP contribution in [0.15, 0.2) is 63.9 Å². The maximum absolute atomic E-state index is 13.8. The lowest BCUT2D eigenvalue weighted by Crippen LogP contribution is -2.12. The zero-order valence-electron chi connectivity index (χ0n) is 13.5. The first-order valence-electron chi connectivity index (χ1n) is 7.41. The molecule has 2 aromatic carbocycles. The fourth-order valence-corrected chi connectivity index (χ4v) is 3.09. The zero-order valence-corrected chi connectivity index (χ0v) is 15.1. The molecule has 0 aliphatic heterocycles. The van der Waals surface area contributed by atoms with E-state index in [0.717, 1.165) is 6.26 Å². The minimum Gasteiger partial charge on any atom is -0.451 e. The van der Waals surface area contributed by atoms with Gasteiger partial charge in [0.15, 0.2) is 15.6 Å². The second-order valence-corrected chi connectivity index (χ2v) is 7.93. The number of hydrogen-bond donors (Lipinski definition) is 1. The highest BCUT2D eigenvalue weighted by atomic mass is 35.5. The Morgan fingerprint density at radius 1 is 1.12 bits per heavy atom. The van der Waals surface area contributed by atoms with Gasteiger partial charge in [0.2, 0.25) is 0 Å². The molecule has 0 aliphatic rings. The van der Waals surface area contributed by atoms with E-state index < -0.39 is 21.6 Å². The van der Waals surface area contributed by atoms with Gasteiger partial charge in [0.1, 0.15) is 11.6 Å². The Balaban J connectivity index is 1.87. The van der Waals surface area contributed by atoms with Crippen LogP contribution in [0.25, 0.3) is 11.3 Å². The third-order valence-electron chi connectivity index (χ3n) is 3.58. The van der Waals surface area contributed by atoms with Crippen LogP contribution in [-0.2, 0) is 9.84 Å². The molecular formula is C18H13ClFNO4S. The second kappa shape index (κ2) is 6.93. The number of carbonyl (C=O) groups is 1. The van der Waals surface area contributed by atoms with Gasteiger partial charge in [-0.25, -0.2) is 12.8 Å². The summed E-state index contributed by atoms with van der Waals surface area (Å²) in [6.45, 7) is 0. The van der Waals surface area contributed by atoms with Gasteiger partial charge in [0, 0.05) is 6.26 Å². The van der Waals surface area contributed by atoms with Crippen molar-refractivity contribution in [1.82, 2.24) is 0 Å². The van der Waals surface area contributed by atoms with Crippen LogP contribution in [-0.4, -0.2) is 20.6 Å². The first-order chi connectivity index (χ1) is 12.3. The average Bonchev–Trinajstić information content (AvgIpc) is 3.06. The third kappa shape index (κ3) is 3.79. The molecule has 0 radical (unpaired) electrons. The van der Waals surface area contributed by atoms with Crippen molar-refractivity contribution in [3.05, 3.63) is 71.2 Å². The Morgan fingerprint density at radius 3 is 2.54 bits per heavy atom. The second-order valence-electron chi connectivity index (χ2n) is 5.51. The molecule has 0 saturated carbocycles. The third-order valence-corrected chi connectivity index (χ3v) is 5.02. The Kier molecular flexibility index (Phi) is 4.84. The Bertz CT molecular complexity index is 1090. The molecule has 3 aromatic rings. The summed E-state index contributed by atoms with van der Waals surface area (Å²) in [4.78, 5) is 12.4. The molecule has 0 fully saturated rings. The van der Waals surface area contributed by atoms with Crippen LogP contribution < -0.4 is 5.32 Å². The van der Waals surface area contributed by atoms with Crippen molar-refractivity contribution in [2.75, 3.05) is 11.6 Å².